The zero-order valence-electron chi connectivity index (χ0n) is 12.8. The lowest BCUT2D eigenvalue weighted by Crippen LogP contribution is -2.39. The minimum atomic E-state index is -2.95. The van der Waals surface area contributed by atoms with E-state index in [-0.39, 0.29) is 28.8 Å². The molecule has 2 heterocycles. The van der Waals surface area contributed by atoms with Crippen molar-refractivity contribution in [1.82, 2.24) is 0 Å². The van der Waals surface area contributed by atoms with E-state index in [4.69, 9.17) is 4.74 Å². The molecule has 20 heavy (non-hydrogen) atoms. The zero-order chi connectivity index (χ0) is 14.4. The number of hydrogen-bond acceptors (Lipinski definition) is 3. The van der Waals surface area contributed by atoms with E-state index in [1.807, 2.05) is 0 Å². The predicted octanol–water partition coefficient (Wildman–Crippen LogP) is 3.33. The first-order valence-electron chi connectivity index (χ1n) is 8.41. The third kappa shape index (κ3) is 2.33. The van der Waals surface area contributed by atoms with Crippen LogP contribution in [0.3, 0.4) is 0 Å². The first kappa shape index (κ1) is 14.8. The van der Waals surface area contributed by atoms with Gasteiger partial charge in [0.1, 0.15) is 0 Å². The Hall–Kier alpha value is -0.0900. The van der Waals surface area contributed by atoms with Crippen molar-refractivity contribution >= 4 is 9.84 Å². The Kier molecular flexibility index (Phi) is 3.91. The van der Waals surface area contributed by atoms with Gasteiger partial charge in [0, 0.05) is 11.3 Å². The number of rotatable bonds is 4. The van der Waals surface area contributed by atoms with Crippen LogP contribution >= 0.6 is 0 Å². The fourth-order valence-electron chi connectivity index (χ4n) is 4.70. The van der Waals surface area contributed by atoms with Crippen LogP contribution in [0.15, 0.2) is 0 Å². The maximum atomic E-state index is 12.9. The minimum absolute atomic E-state index is 0.100. The predicted molar refractivity (Wildman–Crippen MR) is 80.4 cm³/mol. The molecule has 3 fully saturated rings. The molecule has 3 rings (SSSR count). The van der Waals surface area contributed by atoms with Crippen LogP contribution in [-0.4, -0.2) is 31.6 Å². The molecule has 3 nitrogen and oxygen atoms in total. The fraction of sp³-hybridized carbons (Fsp3) is 1.00. The molecule has 2 aliphatic heterocycles. The van der Waals surface area contributed by atoms with E-state index in [1.54, 1.807) is 0 Å². The number of ether oxygens (including phenoxy) is 1. The quantitative estimate of drug-likeness (QED) is 0.748. The summed E-state index contributed by atoms with van der Waals surface area (Å²) in [6, 6.07) is 0. The van der Waals surface area contributed by atoms with E-state index in [2.05, 4.69) is 13.8 Å². The standard InChI is InChI=1S/C16H28O3S/c1-3-5-10-16(4-2)11-20(17,18)13-9-7-6-8-12(13)14-15(16)19-14/h12-15H,3-11H2,1-2H3/t12?,13?,14-,15-,16+/m0/s1. The highest BCUT2D eigenvalue weighted by Crippen LogP contribution is 2.55. The van der Waals surface area contributed by atoms with E-state index in [1.165, 1.54) is 6.42 Å². The molecule has 0 spiro atoms. The van der Waals surface area contributed by atoms with E-state index in [9.17, 15) is 8.42 Å². The maximum absolute atomic E-state index is 12.9. The van der Waals surface area contributed by atoms with Crippen LogP contribution in [0.1, 0.15) is 65.2 Å². The highest BCUT2D eigenvalue weighted by atomic mass is 32.2. The Morgan fingerprint density at radius 2 is 1.95 bits per heavy atom. The summed E-state index contributed by atoms with van der Waals surface area (Å²) >= 11 is 0. The molecule has 0 N–H and O–H groups in total. The molecule has 2 unspecified atom stereocenters. The van der Waals surface area contributed by atoms with Crippen molar-refractivity contribution in [1.29, 1.82) is 0 Å². The van der Waals surface area contributed by atoms with Crippen molar-refractivity contribution in [2.24, 2.45) is 11.3 Å². The van der Waals surface area contributed by atoms with Crippen LogP contribution in [0.5, 0.6) is 0 Å². The van der Waals surface area contributed by atoms with Gasteiger partial charge in [0.15, 0.2) is 9.84 Å². The van der Waals surface area contributed by atoms with Crippen molar-refractivity contribution in [3.05, 3.63) is 0 Å². The molecule has 0 bridgehead atoms. The maximum Gasteiger partial charge on any atom is 0.154 e. The van der Waals surface area contributed by atoms with Crippen molar-refractivity contribution in [2.75, 3.05) is 5.75 Å². The van der Waals surface area contributed by atoms with E-state index in [0.717, 1.165) is 44.9 Å². The molecule has 2 saturated heterocycles. The first-order valence-corrected chi connectivity index (χ1v) is 10.1. The Balaban J connectivity index is 1.92. The van der Waals surface area contributed by atoms with Crippen LogP contribution in [-0.2, 0) is 14.6 Å². The molecule has 0 aromatic rings. The zero-order valence-corrected chi connectivity index (χ0v) is 13.6. The number of epoxide rings is 1. The van der Waals surface area contributed by atoms with Gasteiger partial charge in [0.25, 0.3) is 0 Å². The molecule has 5 atom stereocenters. The molecule has 116 valence electrons. The normalized spacial score (nSPS) is 46.1. The summed E-state index contributed by atoms with van der Waals surface area (Å²) in [7, 11) is -2.95. The molecular weight excluding hydrogens is 272 g/mol. The molecular formula is C16H28O3S. The topological polar surface area (TPSA) is 46.7 Å². The van der Waals surface area contributed by atoms with Gasteiger partial charge in [-0.15, -0.1) is 0 Å². The third-order valence-electron chi connectivity index (χ3n) is 5.99. The molecule has 4 heteroatoms. The van der Waals surface area contributed by atoms with Crippen LogP contribution in [0.4, 0.5) is 0 Å². The highest BCUT2D eigenvalue weighted by molar-refractivity contribution is 7.92. The lowest BCUT2D eigenvalue weighted by atomic mass is 9.74. The molecule has 1 aliphatic carbocycles. The lowest BCUT2D eigenvalue weighted by Gasteiger charge is -2.32. The average molecular weight is 300 g/mol. The van der Waals surface area contributed by atoms with Crippen LogP contribution in [0.2, 0.25) is 0 Å². The molecule has 0 aromatic carbocycles. The molecule has 0 amide bonds. The van der Waals surface area contributed by atoms with Gasteiger partial charge in [-0.2, -0.15) is 0 Å². The molecule has 0 radical (unpaired) electrons. The van der Waals surface area contributed by atoms with E-state index < -0.39 is 9.84 Å². The number of hydrogen-bond donors (Lipinski definition) is 0. The van der Waals surface area contributed by atoms with Crippen LogP contribution < -0.4 is 0 Å². The summed E-state index contributed by atoms with van der Waals surface area (Å²) in [5, 5.41) is -0.110. The second-order valence-corrected chi connectivity index (χ2v) is 9.35. The third-order valence-corrected chi connectivity index (χ3v) is 8.47. The van der Waals surface area contributed by atoms with Gasteiger partial charge in [0.05, 0.1) is 23.2 Å². The second kappa shape index (κ2) is 5.28. The molecule has 3 aliphatic rings. The van der Waals surface area contributed by atoms with E-state index in [0.29, 0.717) is 5.75 Å². The summed E-state index contributed by atoms with van der Waals surface area (Å²) in [5.74, 6) is 0.660. The molecule has 1 saturated carbocycles. The summed E-state index contributed by atoms with van der Waals surface area (Å²) < 4.78 is 31.8. The van der Waals surface area contributed by atoms with Crippen molar-refractivity contribution in [2.45, 2.75) is 82.7 Å². The fourth-order valence-corrected chi connectivity index (χ4v) is 7.58. The summed E-state index contributed by atoms with van der Waals surface area (Å²) in [6.07, 6.45) is 8.84. The van der Waals surface area contributed by atoms with Crippen molar-refractivity contribution < 1.29 is 13.2 Å². The number of unbranched alkanes of at least 4 members (excludes halogenated alkanes) is 1. The Bertz CT molecular complexity index is 458. The lowest BCUT2D eigenvalue weighted by molar-refractivity contribution is 0.185. The van der Waals surface area contributed by atoms with E-state index >= 15 is 0 Å². The smallest absolute Gasteiger partial charge is 0.154 e. The largest absolute Gasteiger partial charge is 0.369 e. The van der Waals surface area contributed by atoms with Gasteiger partial charge in [-0.1, -0.05) is 39.5 Å². The number of sulfone groups is 1. The van der Waals surface area contributed by atoms with Gasteiger partial charge in [-0.05, 0) is 25.7 Å². The Labute approximate surface area is 123 Å². The Morgan fingerprint density at radius 3 is 2.65 bits per heavy atom. The average Bonchev–Trinajstić information content (AvgIpc) is 3.24. The summed E-state index contributed by atoms with van der Waals surface area (Å²) in [5.41, 5.74) is -0.100. The number of fused-ring (bicyclic) bond motifs is 3. The van der Waals surface area contributed by atoms with Gasteiger partial charge in [-0.25, -0.2) is 8.42 Å². The van der Waals surface area contributed by atoms with Gasteiger partial charge in [-0.3, -0.25) is 0 Å². The van der Waals surface area contributed by atoms with Gasteiger partial charge in [0.2, 0.25) is 0 Å². The van der Waals surface area contributed by atoms with Gasteiger partial charge < -0.3 is 4.74 Å². The molecule has 0 aromatic heterocycles. The Morgan fingerprint density at radius 1 is 1.20 bits per heavy atom. The SMILES string of the molecule is CCCC[C@]1(CC)CS(=O)(=O)C2CCCCC2[C@@H]2O[C@@H]21. The van der Waals surface area contributed by atoms with Gasteiger partial charge >= 0.3 is 0 Å². The first-order chi connectivity index (χ1) is 9.54. The monoisotopic (exact) mass is 300 g/mol. The summed E-state index contributed by atoms with van der Waals surface area (Å²) in [6.45, 7) is 4.33. The summed E-state index contributed by atoms with van der Waals surface area (Å²) in [4.78, 5) is 0. The minimum Gasteiger partial charge on any atom is -0.369 e. The van der Waals surface area contributed by atoms with Crippen LogP contribution in [0.25, 0.3) is 0 Å². The second-order valence-electron chi connectivity index (χ2n) is 7.13. The van der Waals surface area contributed by atoms with Crippen molar-refractivity contribution in [3.8, 4) is 0 Å². The highest BCUT2D eigenvalue weighted by Gasteiger charge is 2.63. The van der Waals surface area contributed by atoms with Crippen molar-refractivity contribution in [3.63, 3.8) is 0 Å². The van der Waals surface area contributed by atoms with Crippen LogP contribution in [0, 0.1) is 11.3 Å².